The summed E-state index contributed by atoms with van der Waals surface area (Å²) in [6.07, 6.45) is 5.25. The maximum absolute atomic E-state index is 9.23. The molecular weight excluding hydrogens is 164 g/mol. The van der Waals surface area contributed by atoms with E-state index in [1.54, 1.807) is 0 Å². The molecule has 1 aliphatic carbocycles. The van der Waals surface area contributed by atoms with Gasteiger partial charge in [-0.25, -0.2) is 0 Å². The average molecular weight is 186 g/mol. The Hall–Kier alpha value is -0.0800. The van der Waals surface area contributed by atoms with Gasteiger partial charge >= 0.3 is 0 Å². The minimum atomic E-state index is -0.157. The lowest BCUT2D eigenvalue weighted by Crippen LogP contribution is -2.09. The van der Waals surface area contributed by atoms with Gasteiger partial charge in [-0.1, -0.05) is 12.8 Å². The Morgan fingerprint density at radius 1 is 1.00 bits per heavy atom. The van der Waals surface area contributed by atoms with Crippen LogP contribution >= 0.6 is 0 Å². The zero-order valence-corrected chi connectivity index (χ0v) is 8.74. The summed E-state index contributed by atoms with van der Waals surface area (Å²) in [6.45, 7) is 3.73. The predicted octanol–water partition coefficient (Wildman–Crippen LogP) is 1.94. The van der Waals surface area contributed by atoms with Crippen LogP contribution in [-0.4, -0.2) is 22.4 Å². The van der Waals surface area contributed by atoms with Crippen LogP contribution in [0.15, 0.2) is 0 Å². The van der Waals surface area contributed by atoms with Crippen molar-refractivity contribution in [3.63, 3.8) is 0 Å². The zero-order chi connectivity index (χ0) is 9.84. The summed E-state index contributed by atoms with van der Waals surface area (Å²) >= 11 is 0. The van der Waals surface area contributed by atoms with Crippen LogP contribution < -0.4 is 0 Å². The zero-order valence-electron chi connectivity index (χ0n) is 8.74. The third kappa shape index (κ3) is 4.10. The van der Waals surface area contributed by atoms with Gasteiger partial charge < -0.3 is 10.2 Å². The smallest absolute Gasteiger partial charge is 0.0514 e. The highest BCUT2D eigenvalue weighted by Gasteiger charge is 2.26. The summed E-state index contributed by atoms with van der Waals surface area (Å²) in [7, 11) is 0. The maximum atomic E-state index is 9.23. The fourth-order valence-corrected chi connectivity index (χ4v) is 2.57. The topological polar surface area (TPSA) is 40.5 Å². The molecule has 0 spiro atoms. The van der Waals surface area contributed by atoms with Crippen molar-refractivity contribution < 1.29 is 10.2 Å². The van der Waals surface area contributed by atoms with Gasteiger partial charge in [0.05, 0.1) is 12.2 Å². The maximum Gasteiger partial charge on any atom is 0.0514 e. The average Bonchev–Trinajstić information content (AvgIpc) is 2.33. The third-order valence-corrected chi connectivity index (χ3v) is 3.00. The molecule has 0 aromatic rings. The highest BCUT2D eigenvalue weighted by Crippen LogP contribution is 2.36. The second-order valence-electron chi connectivity index (χ2n) is 4.71. The van der Waals surface area contributed by atoms with Crippen LogP contribution in [0.2, 0.25) is 0 Å². The molecule has 0 bridgehead atoms. The predicted molar refractivity (Wildman–Crippen MR) is 53.4 cm³/mol. The first-order valence-corrected chi connectivity index (χ1v) is 5.44. The van der Waals surface area contributed by atoms with Crippen molar-refractivity contribution >= 4 is 0 Å². The molecule has 1 fully saturated rings. The van der Waals surface area contributed by atoms with Gasteiger partial charge in [0, 0.05) is 0 Å². The van der Waals surface area contributed by atoms with Gasteiger partial charge in [0.2, 0.25) is 0 Å². The molecule has 0 heterocycles. The van der Waals surface area contributed by atoms with Crippen molar-refractivity contribution in [2.75, 3.05) is 0 Å². The van der Waals surface area contributed by atoms with Gasteiger partial charge in [-0.2, -0.15) is 0 Å². The molecule has 2 nitrogen and oxygen atoms in total. The summed E-state index contributed by atoms with van der Waals surface area (Å²) in [4.78, 5) is 0. The van der Waals surface area contributed by atoms with Gasteiger partial charge in [0.15, 0.2) is 0 Å². The molecule has 1 saturated carbocycles. The van der Waals surface area contributed by atoms with Crippen molar-refractivity contribution in [1.82, 2.24) is 0 Å². The lowest BCUT2D eigenvalue weighted by atomic mass is 9.96. The number of aliphatic hydroxyl groups is 2. The lowest BCUT2D eigenvalue weighted by Gasteiger charge is -2.13. The Morgan fingerprint density at radius 3 is 1.69 bits per heavy atom. The monoisotopic (exact) mass is 186 g/mol. The molecule has 0 aromatic heterocycles. The summed E-state index contributed by atoms with van der Waals surface area (Å²) in [5.74, 6) is 1.40. The molecular formula is C11H22O2. The molecule has 13 heavy (non-hydrogen) atoms. The van der Waals surface area contributed by atoms with E-state index in [4.69, 9.17) is 0 Å². The van der Waals surface area contributed by atoms with Crippen LogP contribution in [0.25, 0.3) is 0 Å². The molecule has 0 aromatic carbocycles. The van der Waals surface area contributed by atoms with Crippen molar-refractivity contribution in [1.29, 1.82) is 0 Å². The van der Waals surface area contributed by atoms with E-state index in [2.05, 4.69) is 0 Å². The van der Waals surface area contributed by atoms with Crippen LogP contribution in [0.3, 0.4) is 0 Å². The Labute approximate surface area is 81.0 Å². The summed E-state index contributed by atoms with van der Waals surface area (Å²) in [6, 6.07) is 0. The van der Waals surface area contributed by atoms with Gasteiger partial charge in [-0.15, -0.1) is 0 Å². The second kappa shape index (κ2) is 4.97. The SMILES string of the molecule is CC(O)CC1CCC(CC(C)O)C1. The number of aliphatic hydroxyl groups excluding tert-OH is 2. The molecule has 1 aliphatic rings. The molecule has 0 radical (unpaired) electrons. The first-order valence-electron chi connectivity index (χ1n) is 5.44. The van der Waals surface area contributed by atoms with E-state index in [9.17, 15) is 10.2 Å². The summed E-state index contributed by atoms with van der Waals surface area (Å²) < 4.78 is 0. The quantitative estimate of drug-likeness (QED) is 0.704. The minimum Gasteiger partial charge on any atom is -0.393 e. The lowest BCUT2D eigenvalue weighted by molar-refractivity contribution is 0.150. The molecule has 1 rings (SSSR count). The van der Waals surface area contributed by atoms with Gasteiger partial charge in [-0.05, 0) is 44.9 Å². The second-order valence-corrected chi connectivity index (χ2v) is 4.71. The molecule has 0 aliphatic heterocycles. The minimum absolute atomic E-state index is 0.157. The van der Waals surface area contributed by atoms with Crippen molar-refractivity contribution in [3.8, 4) is 0 Å². The van der Waals surface area contributed by atoms with E-state index in [0.717, 1.165) is 12.8 Å². The molecule has 0 saturated heterocycles. The highest BCUT2D eigenvalue weighted by atomic mass is 16.3. The molecule has 0 amide bonds. The van der Waals surface area contributed by atoms with E-state index in [-0.39, 0.29) is 12.2 Å². The Kier molecular flexibility index (Phi) is 4.20. The van der Waals surface area contributed by atoms with Crippen LogP contribution in [-0.2, 0) is 0 Å². The molecule has 4 atom stereocenters. The van der Waals surface area contributed by atoms with E-state index in [0.29, 0.717) is 11.8 Å². The largest absolute Gasteiger partial charge is 0.393 e. The standard InChI is InChI=1S/C11H22O2/c1-8(12)5-10-3-4-11(7-10)6-9(2)13/h8-13H,3-7H2,1-2H3. The van der Waals surface area contributed by atoms with E-state index in [1.165, 1.54) is 19.3 Å². The number of hydrogen-bond donors (Lipinski definition) is 2. The Bertz CT molecular complexity index is 127. The van der Waals surface area contributed by atoms with Crippen molar-refractivity contribution in [2.24, 2.45) is 11.8 Å². The Balaban J connectivity index is 2.20. The van der Waals surface area contributed by atoms with E-state index < -0.39 is 0 Å². The fraction of sp³-hybridized carbons (Fsp3) is 1.00. The number of rotatable bonds is 4. The highest BCUT2D eigenvalue weighted by molar-refractivity contribution is 4.77. The third-order valence-electron chi connectivity index (χ3n) is 3.00. The first-order chi connectivity index (χ1) is 6.08. The van der Waals surface area contributed by atoms with Crippen LogP contribution in [0.1, 0.15) is 46.0 Å². The van der Waals surface area contributed by atoms with Crippen molar-refractivity contribution in [2.45, 2.75) is 58.2 Å². The van der Waals surface area contributed by atoms with Crippen LogP contribution in [0.4, 0.5) is 0 Å². The first kappa shape index (κ1) is 11.0. The van der Waals surface area contributed by atoms with Gasteiger partial charge in [-0.3, -0.25) is 0 Å². The van der Waals surface area contributed by atoms with E-state index in [1.807, 2.05) is 13.8 Å². The fourth-order valence-electron chi connectivity index (χ4n) is 2.57. The van der Waals surface area contributed by atoms with Crippen molar-refractivity contribution in [3.05, 3.63) is 0 Å². The molecule has 4 unspecified atom stereocenters. The van der Waals surface area contributed by atoms with Gasteiger partial charge in [0.25, 0.3) is 0 Å². The molecule has 2 N–H and O–H groups in total. The van der Waals surface area contributed by atoms with Crippen LogP contribution in [0.5, 0.6) is 0 Å². The summed E-state index contributed by atoms with van der Waals surface area (Å²) in [5, 5.41) is 18.5. The van der Waals surface area contributed by atoms with Crippen LogP contribution in [0, 0.1) is 11.8 Å². The molecule has 78 valence electrons. The normalized spacial score (nSPS) is 33.2. The number of hydrogen-bond acceptors (Lipinski definition) is 2. The molecule has 2 heteroatoms. The van der Waals surface area contributed by atoms with E-state index >= 15 is 0 Å². The Morgan fingerprint density at radius 2 is 1.38 bits per heavy atom. The van der Waals surface area contributed by atoms with Gasteiger partial charge in [0.1, 0.15) is 0 Å². The summed E-state index contributed by atoms with van der Waals surface area (Å²) in [5.41, 5.74) is 0.